The van der Waals surface area contributed by atoms with Crippen LogP contribution < -0.4 is 14.5 Å². The fourth-order valence-electron chi connectivity index (χ4n) is 4.60. The molecule has 1 atom stereocenters. The highest BCUT2D eigenvalue weighted by Crippen LogP contribution is 2.43. The molecular formula is C30H31ClN2O4. The van der Waals surface area contributed by atoms with Gasteiger partial charge in [-0.05, 0) is 68.3 Å². The van der Waals surface area contributed by atoms with E-state index in [4.69, 9.17) is 16.3 Å². The molecule has 1 heterocycles. The molecule has 6 nitrogen and oxygen atoms in total. The number of halogens is 1. The van der Waals surface area contributed by atoms with Gasteiger partial charge in [-0.1, -0.05) is 48.9 Å². The molecule has 0 aliphatic carbocycles. The molecule has 1 amide bonds. The van der Waals surface area contributed by atoms with Crippen molar-refractivity contribution in [2.24, 2.45) is 0 Å². The highest BCUT2D eigenvalue weighted by atomic mass is 35.5. The zero-order valence-corrected chi connectivity index (χ0v) is 22.0. The number of Topliss-reactive ketones (excluding diaryl/α,β-unsaturated/α-hetero) is 1. The van der Waals surface area contributed by atoms with Gasteiger partial charge in [0.15, 0.2) is 0 Å². The number of anilines is 2. The minimum Gasteiger partial charge on any atom is -0.507 e. The lowest BCUT2D eigenvalue weighted by atomic mass is 9.94. The van der Waals surface area contributed by atoms with Gasteiger partial charge in [-0.3, -0.25) is 14.5 Å². The van der Waals surface area contributed by atoms with Crippen LogP contribution in [-0.2, 0) is 9.59 Å². The molecule has 0 saturated carbocycles. The Morgan fingerprint density at radius 2 is 1.68 bits per heavy atom. The second-order valence-electron chi connectivity index (χ2n) is 8.79. The van der Waals surface area contributed by atoms with Crippen molar-refractivity contribution < 1.29 is 19.4 Å². The molecule has 3 aromatic rings. The fraction of sp³-hybridized carbons (Fsp3) is 0.267. The van der Waals surface area contributed by atoms with E-state index in [1.54, 1.807) is 48.5 Å². The van der Waals surface area contributed by atoms with E-state index in [-0.39, 0.29) is 11.3 Å². The van der Waals surface area contributed by atoms with Crippen LogP contribution in [0.15, 0.2) is 78.4 Å². The van der Waals surface area contributed by atoms with Crippen LogP contribution in [0.5, 0.6) is 5.75 Å². The van der Waals surface area contributed by atoms with Crippen LogP contribution >= 0.6 is 11.6 Å². The Bertz CT molecular complexity index is 1320. The first-order chi connectivity index (χ1) is 17.9. The molecule has 1 aliphatic rings. The summed E-state index contributed by atoms with van der Waals surface area (Å²) in [5, 5.41) is 11.9. The van der Waals surface area contributed by atoms with Crippen LogP contribution in [0.25, 0.3) is 5.76 Å². The summed E-state index contributed by atoms with van der Waals surface area (Å²) < 4.78 is 5.71. The lowest BCUT2D eigenvalue weighted by Gasteiger charge is -2.27. The number of nitrogens with zero attached hydrogens (tertiary/aromatic N) is 2. The van der Waals surface area contributed by atoms with Gasteiger partial charge in [0.05, 0.1) is 18.2 Å². The molecule has 1 N–H and O–H groups in total. The molecule has 1 aliphatic heterocycles. The van der Waals surface area contributed by atoms with Crippen LogP contribution in [0, 0.1) is 0 Å². The minimum absolute atomic E-state index is 0.0215. The Labute approximate surface area is 222 Å². The highest BCUT2D eigenvalue weighted by Gasteiger charge is 2.47. The Hall–Kier alpha value is -3.77. The first-order valence-electron chi connectivity index (χ1n) is 12.5. The van der Waals surface area contributed by atoms with Gasteiger partial charge in [-0.15, -0.1) is 0 Å². The molecular weight excluding hydrogens is 488 g/mol. The van der Waals surface area contributed by atoms with Crippen molar-refractivity contribution in [1.29, 1.82) is 0 Å². The smallest absolute Gasteiger partial charge is 0.300 e. The van der Waals surface area contributed by atoms with Gasteiger partial charge in [0, 0.05) is 35.1 Å². The lowest BCUT2D eigenvalue weighted by Crippen LogP contribution is -2.29. The number of benzene rings is 3. The molecule has 0 bridgehead atoms. The monoisotopic (exact) mass is 518 g/mol. The lowest BCUT2D eigenvalue weighted by molar-refractivity contribution is -0.132. The maximum Gasteiger partial charge on any atom is 0.300 e. The van der Waals surface area contributed by atoms with Gasteiger partial charge >= 0.3 is 0 Å². The quantitative estimate of drug-likeness (QED) is 0.196. The Kier molecular flexibility index (Phi) is 8.19. The van der Waals surface area contributed by atoms with Gasteiger partial charge < -0.3 is 14.7 Å². The van der Waals surface area contributed by atoms with Gasteiger partial charge in [0.25, 0.3) is 11.7 Å². The summed E-state index contributed by atoms with van der Waals surface area (Å²) in [6.07, 6.45) is 0.838. The summed E-state index contributed by atoms with van der Waals surface area (Å²) in [6.45, 7) is 8.42. The number of carbonyl (C=O) groups excluding carboxylic acids is 2. The van der Waals surface area contributed by atoms with Crippen molar-refractivity contribution in [3.8, 4) is 5.75 Å². The summed E-state index contributed by atoms with van der Waals surface area (Å²) in [6, 6.07) is 20.6. The van der Waals surface area contributed by atoms with Crippen molar-refractivity contribution in [2.45, 2.75) is 33.2 Å². The summed E-state index contributed by atoms with van der Waals surface area (Å²) >= 11 is 6.24. The molecule has 3 aromatic carbocycles. The van der Waals surface area contributed by atoms with Crippen molar-refractivity contribution in [2.75, 3.05) is 29.5 Å². The number of amides is 1. The minimum atomic E-state index is -0.829. The summed E-state index contributed by atoms with van der Waals surface area (Å²) in [5.41, 5.74) is 2.64. The third kappa shape index (κ3) is 5.35. The van der Waals surface area contributed by atoms with Crippen LogP contribution in [0.2, 0.25) is 5.02 Å². The van der Waals surface area contributed by atoms with Gasteiger partial charge in [-0.2, -0.15) is 0 Å². The SMILES string of the molecule is CCCOc1cccc(/C(O)=C2\C(=O)C(=O)N(c3cccc(Cl)c3)C2c2ccc(N(CC)CC)cc2)c1. The topological polar surface area (TPSA) is 70.1 Å². The number of ketones is 1. The van der Waals surface area contributed by atoms with E-state index in [0.29, 0.717) is 34.2 Å². The standard InChI is InChI=1S/C30H31ClN2O4/c1-4-17-37-25-12-7-9-21(18-25)28(34)26-27(20-13-15-23(16-14-20)32(5-2)6-3)33(30(36)29(26)35)24-11-8-10-22(31)19-24/h7-16,18-19,27,34H,4-6,17H2,1-3H3/b28-26+. The molecule has 0 radical (unpaired) electrons. The first kappa shape index (κ1) is 26.3. The number of carbonyl (C=O) groups is 2. The van der Waals surface area contributed by atoms with Crippen LogP contribution in [-0.4, -0.2) is 36.5 Å². The van der Waals surface area contributed by atoms with Crippen LogP contribution in [0.1, 0.15) is 44.4 Å². The molecule has 192 valence electrons. The predicted molar refractivity (Wildman–Crippen MR) is 148 cm³/mol. The number of hydrogen-bond donors (Lipinski definition) is 1. The average molecular weight is 519 g/mol. The van der Waals surface area contributed by atoms with Gasteiger partial charge in [-0.25, -0.2) is 0 Å². The summed E-state index contributed by atoms with van der Waals surface area (Å²) in [5.74, 6) is -1.15. The number of aliphatic hydroxyl groups is 1. The average Bonchev–Trinajstić information content (AvgIpc) is 3.18. The Morgan fingerprint density at radius 3 is 2.32 bits per heavy atom. The molecule has 1 unspecified atom stereocenters. The third-order valence-corrected chi connectivity index (χ3v) is 6.68. The number of hydrogen-bond acceptors (Lipinski definition) is 5. The van der Waals surface area contributed by atoms with E-state index in [9.17, 15) is 14.7 Å². The maximum atomic E-state index is 13.4. The van der Waals surface area contributed by atoms with E-state index >= 15 is 0 Å². The van der Waals surface area contributed by atoms with E-state index in [1.807, 2.05) is 31.2 Å². The Morgan fingerprint density at radius 1 is 0.973 bits per heavy atom. The normalized spacial score (nSPS) is 16.8. The van der Waals surface area contributed by atoms with E-state index < -0.39 is 17.7 Å². The highest BCUT2D eigenvalue weighted by molar-refractivity contribution is 6.51. The second kappa shape index (κ2) is 11.5. The van der Waals surface area contributed by atoms with E-state index in [1.165, 1.54) is 4.90 Å². The van der Waals surface area contributed by atoms with E-state index in [2.05, 4.69) is 18.7 Å². The molecule has 4 rings (SSSR count). The summed E-state index contributed by atoms with van der Waals surface area (Å²) in [4.78, 5) is 30.4. The number of aliphatic hydroxyl groups excluding tert-OH is 1. The maximum absolute atomic E-state index is 13.4. The van der Waals surface area contributed by atoms with Gasteiger partial charge in [0.2, 0.25) is 0 Å². The van der Waals surface area contributed by atoms with Crippen molar-refractivity contribution >= 4 is 40.4 Å². The molecule has 37 heavy (non-hydrogen) atoms. The Balaban J connectivity index is 1.87. The van der Waals surface area contributed by atoms with E-state index in [0.717, 1.165) is 25.2 Å². The fourth-order valence-corrected chi connectivity index (χ4v) is 4.79. The predicted octanol–water partition coefficient (Wildman–Crippen LogP) is 6.60. The van der Waals surface area contributed by atoms with Crippen LogP contribution in [0.3, 0.4) is 0 Å². The second-order valence-corrected chi connectivity index (χ2v) is 9.23. The molecule has 1 saturated heterocycles. The zero-order chi connectivity index (χ0) is 26.5. The summed E-state index contributed by atoms with van der Waals surface area (Å²) in [7, 11) is 0. The molecule has 7 heteroatoms. The number of rotatable bonds is 9. The molecule has 1 fully saturated rings. The van der Waals surface area contributed by atoms with Crippen molar-refractivity contribution in [3.05, 3.63) is 94.5 Å². The third-order valence-electron chi connectivity index (χ3n) is 6.45. The molecule has 0 spiro atoms. The largest absolute Gasteiger partial charge is 0.507 e. The van der Waals surface area contributed by atoms with Crippen molar-refractivity contribution in [1.82, 2.24) is 0 Å². The number of ether oxygens (including phenoxy) is 1. The zero-order valence-electron chi connectivity index (χ0n) is 21.3. The van der Waals surface area contributed by atoms with Gasteiger partial charge in [0.1, 0.15) is 11.5 Å². The van der Waals surface area contributed by atoms with Crippen molar-refractivity contribution in [3.63, 3.8) is 0 Å². The van der Waals surface area contributed by atoms with Crippen LogP contribution in [0.4, 0.5) is 11.4 Å². The first-order valence-corrected chi connectivity index (χ1v) is 12.9. The molecule has 0 aromatic heterocycles.